The van der Waals surface area contributed by atoms with Gasteiger partial charge in [0.05, 0.1) is 12.5 Å². The van der Waals surface area contributed by atoms with E-state index in [2.05, 4.69) is 47.6 Å². The zero-order valence-electron chi connectivity index (χ0n) is 14.4. The van der Waals surface area contributed by atoms with Gasteiger partial charge in [0.15, 0.2) is 0 Å². The van der Waals surface area contributed by atoms with E-state index in [4.69, 9.17) is 4.74 Å². The number of nitrogens with one attached hydrogen (secondary N) is 2. The molecule has 3 saturated carbocycles. The molecule has 2 bridgehead atoms. The summed E-state index contributed by atoms with van der Waals surface area (Å²) in [5.74, 6) is 0.218. The second-order valence-corrected chi connectivity index (χ2v) is 8.43. The fourth-order valence-electron chi connectivity index (χ4n) is 4.50. The van der Waals surface area contributed by atoms with Gasteiger partial charge in [-0.15, -0.1) is 0 Å². The summed E-state index contributed by atoms with van der Waals surface area (Å²) in [6.07, 6.45) is 1.84. The molecule has 4 rings (SSSR count). The third kappa shape index (κ3) is 1.98. The van der Waals surface area contributed by atoms with Crippen LogP contribution in [0.25, 0.3) is 0 Å². The van der Waals surface area contributed by atoms with E-state index in [9.17, 15) is 9.59 Å². The van der Waals surface area contributed by atoms with Crippen molar-refractivity contribution in [3.05, 3.63) is 29.8 Å². The highest BCUT2D eigenvalue weighted by molar-refractivity contribution is 9.09. The predicted molar refractivity (Wildman–Crippen MR) is 94.9 cm³/mol. The lowest BCUT2D eigenvalue weighted by Gasteiger charge is -2.64. The molecule has 3 aliphatic carbocycles. The minimum Gasteiger partial charge on any atom is -0.497 e. The number of rotatable bonds is 3. The van der Waals surface area contributed by atoms with Gasteiger partial charge >= 0.3 is 0 Å². The van der Waals surface area contributed by atoms with Gasteiger partial charge in [0.2, 0.25) is 5.91 Å². The van der Waals surface area contributed by atoms with Crippen LogP contribution >= 0.6 is 15.9 Å². The number of fused-ring (bicyclic) bond motifs is 1. The molecule has 1 aromatic carbocycles. The number of amides is 2. The number of methoxy groups -OCH3 is 1. The maximum absolute atomic E-state index is 12.8. The lowest BCUT2D eigenvalue weighted by atomic mass is 9.43. The molecule has 0 heterocycles. The molecule has 3 aliphatic rings. The van der Waals surface area contributed by atoms with E-state index < -0.39 is 5.41 Å². The first kappa shape index (κ1) is 17.3. The number of benzene rings is 1. The van der Waals surface area contributed by atoms with Crippen LogP contribution in [-0.4, -0.2) is 23.8 Å². The van der Waals surface area contributed by atoms with Crippen LogP contribution in [0, 0.1) is 16.2 Å². The first-order valence-corrected chi connectivity index (χ1v) is 9.01. The minimum atomic E-state index is -0.477. The van der Waals surface area contributed by atoms with Crippen LogP contribution in [0.1, 0.15) is 44.0 Å². The van der Waals surface area contributed by atoms with Crippen molar-refractivity contribution in [1.29, 1.82) is 0 Å². The molecule has 2 N–H and O–H groups in total. The molecule has 0 saturated heterocycles. The van der Waals surface area contributed by atoms with E-state index in [0.717, 1.165) is 12.8 Å². The zero-order chi connectivity index (χ0) is 17.8. The summed E-state index contributed by atoms with van der Waals surface area (Å²) in [4.78, 5) is 25.2. The van der Waals surface area contributed by atoms with Gasteiger partial charge < -0.3 is 4.74 Å². The van der Waals surface area contributed by atoms with Gasteiger partial charge in [0.1, 0.15) is 5.75 Å². The zero-order valence-corrected chi connectivity index (χ0v) is 16.0. The first-order valence-electron chi connectivity index (χ1n) is 8.09. The third-order valence-electron chi connectivity index (χ3n) is 6.62. The van der Waals surface area contributed by atoms with Crippen LogP contribution in [0.5, 0.6) is 5.75 Å². The number of hydrogen-bond acceptors (Lipinski definition) is 3. The Hall–Kier alpha value is -1.56. The molecule has 130 valence electrons. The maximum Gasteiger partial charge on any atom is 0.269 e. The van der Waals surface area contributed by atoms with Crippen molar-refractivity contribution in [1.82, 2.24) is 10.9 Å². The summed E-state index contributed by atoms with van der Waals surface area (Å²) >= 11 is 3.72. The molecule has 3 fully saturated rings. The minimum absolute atomic E-state index is 0.108. The molecule has 0 aliphatic heterocycles. The second-order valence-electron chi connectivity index (χ2n) is 7.51. The van der Waals surface area contributed by atoms with Crippen molar-refractivity contribution in [2.24, 2.45) is 16.2 Å². The standard InChI is InChI=1S/C18H23BrN2O3/c1-16(2)17(3)9-10-18(16,14(17)19)15(23)21-20-13(22)11-5-7-12(24-4)8-6-11/h5-8,14H,9-10H2,1-4H3,(H,20,22)(H,21,23). The Labute approximate surface area is 150 Å². The highest BCUT2D eigenvalue weighted by atomic mass is 79.9. The number of alkyl halides is 1. The lowest BCUT2D eigenvalue weighted by molar-refractivity contribution is -0.162. The van der Waals surface area contributed by atoms with Crippen LogP contribution < -0.4 is 15.6 Å². The van der Waals surface area contributed by atoms with Gasteiger partial charge in [0.25, 0.3) is 5.91 Å². The van der Waals surface area contributed by atoms with Gasteiger partial charge in [-0.3, -0.25) is 20.4 Å². The van der Waals surface area contributed by atoms with Gasteiger partial charge in [-0.1, -0.05) is 36.7 Å². The Morgan fingerprint density at radius 1 is 1.12 bits per heavy atom. The molecule has 0 radical (unpaired) electrons. The molecule has 1 aromatic rings. The van der Waals surface area contributed by atoms with E-state index in [1.165, 1.54) is 0 Å². The van der Waals surface area contributed by atoms with Crippen LogP contribution in [0.3, 0.4) is 0 Å². The topological polar surface area (TPSA) is 67.4 Å². The Morgan fingerprint density at radius 3 is 2.21 bits per heavy atom. The molecular formula is C18H23BrN2O3. The van der Waals surface area contributed by atoms with Crippen molar-refractivity contribution in [2.45, 2.75) is 38.4 Å². The van der Waals surface area contributed by atoms with Gasteiger partial charge in [0, 0.05) is 10.4 Å². The Morgan fingerprint density at radius 2 is 1.75 bits per heavy atom. The van der Waals surface area contributed by atoms with E-state index in [1.54, 1.807) is 31.4 Å². The van der Waals surface area contributed by atoms with Crippen molar-refractivity contribution < 1.29 is 14.3 Å². The number of halogens is 1. The highest BCUT2D eigenvalue weighted by Crippen LogP contribution is 2.79. The Kier molecular flexibility index (Phi) is 3.94. The molecule has 3 unspecified atom stereocenters. The quantitative estimate of drug-likeness (QED) is 0.611. The SMILES string of the molecule is COc1ccc(C(=O)NNC(=O)C23CCC(C)(C2Br)C3(C)C)cc1. The van der Waals surface area contributed by atoms with Crippen LogP contribution in [0.2, 0.25) is 0 Å². The third-order valence-corrected chi connectivity index (χ3v) is 8.41. The average Bonchev–Trinajstić information content (AvgIpc) is 2.99. The van der Waals surface area contributed by atoms with E-state index in [1.807, 2.05) is 0 Å². The van der Waals surface area contributed by atoms with Crippen molar-refractivity contribution in [3.63, 3.8) is 0 Å². The Bertz CT molecular complexity index is 688. The molecule has 2 amide bonds. The highest BCUT2D eigenvalue weighted by Gasteiger charge is 2.80. The molecular weight excluding hydrogens is 372 g/mol. The number of carbonyl (C=O) groups excluding carboxylic acids is 2. The van der Waals surface area contributed by atoms with Crippen molar-refractivity contribution >= 4 is 27.7 Å². The van der Waals surface area contributed by atoms with E-state index in [-0.39, 0.29) is 27.5 Å². The number of ether oxygens (including phenoxy) is 1. The molecule has 3 atom stereocenters. The average molecular weight is 395 g/mol. The smallest absolute Gasteiger partial charge is 0.269 e. The fourth-order valence-corrected chi connectivity index (χ4v) is 6.31. The van der Waals surface area contributed by atoms with Gasteiger partial charge in [-0.25, -0.2) is 0 Å². The monoisotopic (exact) mass is 394 g/mol. The molecule has 24 heavy (non-hydrogen) atoms. The summed E-state index contributed by atoms with van der Waals surface area (Å²) in [5.41, 5.74) is 5.16. The maximum atomic E-state index is 12.8. The second kappa shape index (κ2) is 5.48. The van der Waals surface area contributed by atoms with Gasteiger partial charge in [-0.2, -0.15) is 0 Å². The molecule has 0 aromatic heterocycles. The summed E-state index contributed by atoms with van der Waals surface area (Å²) in [6, 6.07) is 6.74. The lowest BCUT2D eigenvalue weighted by Crippen LogP contribution is -2.70. The molecule has 5 nitrogen and oxygen atoms in total. The van der Waals surface area contributed by atoms with Crippen molar-refractivity contribution in [2.75, 3.05) is 7.11 Å². The summed E-state index contributed by atoms with van der Waals surface area (Å²) < 4.78 is 5.07. The van der Waals surface area contributed by atoms with E-state index >= 15 is 0 Å². The fraction of sp³-hybridized carbons (Fsp3) is 0.556. The number of hydrogen-bond donors (Lipinski definition) is 2. The Balaban J connectivity index is 1.67. The first-order chi connectivity index (χ1) is 11.2. The molecule has 0 spiro atoms. The van der Waals surface area contributed by atoms with Crippen LogP contribution in [0.4, 0.5) is 0 Å². The van der Waals surface area contributed by atoms with Gasteiger partial charge in [-0.05, 0) is 47.9 Å². The van der Waals surface area contributed by atoms with Crippen LogP contribution in [-0.2, 0) is 4.79 Å². The number of carbonyl (C=O) groups is 2. The summed E-state index contributed by atoms with van der Waals surface area (Å²) in [6.45, 7) is 6.51. The summed E-state index contributed by atoms with van der Waals surface area (Å²) in [5, 5.41) is 0. The van der Waals surface area contributed by atoms with Crippen molar-refractivity contribution in [3.8, 4) is 5.75 Å². The molecule has 6 heteroatoms. The largest absolute Gasteiger partial charge is 0.497 e. The predicted octanol–water partition coefficient (Wildman–Crippen LogP) is 3.05. The summed E-state index contributed by atoms with van der Waals surface area (Å²) in [7, 11) is 1.57. The normalized spacial score (nSPS) is 32.6. The van der Waals surface area contributed by atoms with Crippen LogP contribution in [0.15, 0.2) is 24.3 Å². The van der Waals surface area contributed by atoms with E-state index in [0.29, 0.717) is 11.3 Å². The number of hydrazine groups is 1.